The van der Waals surface area contributed by atoms with Crippen molar-refractivity contribution in [1.29, 1.82) is 0 Å². The van der Waals surface area contributed by atoms with Gasteiger partial charge in [0, 0.05) is 6.04 Å². The maximum atomic E-state index is 6.32. The minimum atomic E-state index is 0. The normalized spacial score (nSPS) is 13.2. The summed E-state index contributed by atoms with van der Waals surface area (Å²) in [6, 6.07) is 4.54. The molecule has 0 aliphatic heterocycles. The molecular formula is C14H24ClN. The van der Waals surface area contributed by atoms with Gasteiger partial charge in [0.05, 0.1) is 0 Å². The molecule has 1 aromatic carbocycles. The largest absolute Gasteiger partial charge is 0.323 e. The number of halogens is 1. The Morgan fingerprint density at radius 2 is 1.38 bits per heavy atom. The molecule has 92 valence electrons. The Morgan fingerprint density at radius 3 is 1.69 bits per heavy atom. The summed E-state index contributed by atoms with van der Waals surface area (Å²) in [5, 5.41) is 0. The van der Waals surface area contributed by atoms with Crippen molar-refractivity contribution in [2.75, 3.05) is 0 Å². The van der Waals surface area contributed by atoms with Gasteiger partial charge in [-0.05, 0) is 42.9 Å². The van der Waals surface area contributed by atoms with E-state index in [1.54, 1.807) is 0 Å². The van der Waals surface area contributed by atoms with Gasteiger partial charge in [0.25, 0.3) is 0 Å². The van der Waals surface area contributed by atoms with Gasteiger partial charge in [-0.1, -0.05) is 38.5 Å². The zero-order valence-electron chi connectivity index (χ0n) is 11.2. The maximum Gasteiger partial charge on any atom is 0.0349 e. The minimum absolute atomic E-state index is 0. The average Bonchev–Trinajstić information content (AvgIpc) is 1.99. The summed E-state index contributed by atoms with van der Waals surface area (Å²) < 4.78 is 0. The molecule has 0 amide bonds. The molecular weight excluding hydrogens is 218 g/mol. The second-order valence-electron chi connectivity index (χ2n) is 5.66. The molecule has 2 heteroatoms. The average molecular weight is 242 g/mol. The fourth-order valence-electron chi connectivity index (χ4n) is 2.11. The molecule has 16 heavy (non-hydrogen) atoms. The Kier molecular flexibility index (Phi) is 5.03. The number of benzene rings is 1. The third-order valence-electron chi connectivity index (χ3n) is 2.98. The minimum Gasteiger partial charge on any atom is -0.323 e. The van der Waals surface area contributed by atoms with Gasteiger partial charge in [-0.15, -0.1) is 12.4 Å². The smallest absolute Gasteiger partial charge is 0.0349 e. The Bertz CT molecular complexity index is 340. The van der Waals surface area contributed by atoms with Gasteiger partial charge in [-0.25, -0.2) is 0 Å². The van der Waals surface area contributed by atoms with Crippen molar-refractivity contribution in [3.8, 4) is 0 Å². The molecule has 2 N–H and O–H groups in total. The van der Waals surface area contributed by atoms with Crippen LogP contribution in [0.25, 0.3) is 0 Å². The molecule has 0 saturated carbocycles. The second kappa shape index (κ2) is 5.20. The molecule has 0 radical (unpaired) electrons. The first-order valence-corrected chi connectivity index (χ1v) is 5.57. The summed E-state index contributed by atoms with van der Waals surface area (Å²) in [6.07, 6.45) is 0. The molecule has 1 nitrogen and oxygen atoms in total. The highest BCUT2D eigenvalue weighted by molar-refractivity contribution is 5.85. The van der Waals surface area contributed by atoms with Crippen molar-refractivity contribution in [3.05, 3.63) is 34.4 Å². The SMILES string of the molecule is Cc1cc(C)c([C@@H](N)C(C)(C)C)c(C)c1.Cl. The van der Waals surface area contributed by atoms with Crippen molar-refractivity contribution in [2.45, 2.75) is 47.6 Å². The predicted octanol–water partition coefficient (Wildman–Crippen LogP) is 4.08. The predicted molar refractivity (Wildman–Crippen MR) is 74.3 cm³/mol. The fraction of sp³-hybridized carbons (Fsp3) is 0.571. The van der Waals surface area contributed by atoms with E-state index in [0.29, 0.717) is 0 Å². The van der Waals surface area contributed by atoms with Crippen LogP contribution in [-0.2, 0) is 0 Å². The molecule has 0 aromatic heterocycles. The van der Waals surface area contributed by atoms with Crippen LogP contribution >= 0.6 is 12.4 Å². The van der Waals surface area contributed by atoms with Crippen molar-refractivity contribution in [1.82, 2.24) is 0 Å². The van der Waals surface area contributed by atoms with Crippen LogP contribution in [0, 0.1) is 26.2 Å². The number of rotatable bonds is 1. The summed E-state index contributed by atoms with van der Waals surface area (Å²) >= 11 is 0. The van der Waals surface area contributed by atoms with Gasteiger partial charge in [0.15, 0.2) is 0 Å². The van der Waals surface area contributed by atoms with Gasteiger partial charge in [0.1, 0.15) is 0 Å². The van der Waals surface area contributed by atoms with Crippen molar-refractivity contribution < 1.29 is 0 Å². The van der Waals surface area contributed by atoms with E-state index in [1.165, 1.54) is 22.3 Å². The first-order valence-electron chi connectivity index (χ1n) is 5.57. The van der Waals surface area contributed by atoms with Crippen LogP contribution in [0.3, 0.4) is 0 Å². The topological polar surface area (TPSA) is 26.0 Å². The van der Waals surface area contributed by atoms with Crippen LogP contribution < -0.4 is 5.73 Å². The van der Waals surface area contributed by atoms with Gasteiger partial charge in [0.2, 0.25) is 0 Å². The number of nitrogens with two attached hydrogens (primary N) is 1. The van der Waals surface area contributed by atoms with E-state index in [9.17, 15) is 0 Å². The van der Waals surface area contributed by atoms with Crippen LogP contribution in [0.2, 0.25) is 0 Å². The molecule has 0 bridgehead atoms. The quantitative estimate of drug-likeness (QED) is 0.788. The third-order valence-corrected chi connectivity index (χ3v) is 2.98. The summed E-state index contributed by atoms with van der Waals surface area (Å²) in [6.45, 7) is 13.0. The molecule has 1 atom stereocenters. The Hall–Kier alpha value is -0.530. The van der Waals surface area contributed by atoms with Gasteiger partial charge < -0.3 is 5.73 Å². The van der Waals surface area contributed by atoms with Crippen molar-refractivity contribution in [3.63, 3.8) is 0 Å². The highest BCUT2D eigenvalue weighted by atomic mass is 35.5. The zero-order valence-corrected chi connectivity index (χ0v) is 12.0. The second-order valence-corrected chi connectivity index (χ2v) is 5.66. The fourth-order valence-corrected chi connectivity index (χ4v) is 2.11. The molecule has 0 unspecified atom stereocenters. The van der Waals surface area contributed by atoms with Crippen molar-refractivity contribution in [2.24, 2.45) is 11.1 Å². The number of hydrogen-bond acceptors (Lipinski definition) is 1. The van der Waals surface area contributed by atoms with E-state index in [1.807, 2.05) is 0 Å². The van der Waals surface area contributed by atoms with Crippen LogP contribution in [0.4, 0.5) is 0 Å². The summed E-state index contributed by atoms with van der Waals surface area (Å²) in [5.41, 5.74) is 11.7. The molecule has 0 aliphatic carbocycles. The van der Waals surface area contributed by atoms with E-state index in [2.05, 4.69) is 53.7 Å². The maximum absolute atomic E-state index is 6.32. The highest BCUT2D eigenvalue weighted by Gasteiger charge is 2.24. The lowest BCUT2D eigenvalue weighted by atomic mass is 9.79. The van der Waals surface area contributed by atoms with Crippen molar-refractivity contribution >= 4 is 12.4 Å². The highest BCUT2D eigenvalue weighted by Crippen LogP contribution is 2.34. The van der Waals surface area contributed by atoms with Crippen LogP contribution in [-0.4, -0.2) is 0 Å². The van der Waals surface area contributed by atoms with E-state index in [-0.39, 0.29) is 23.9 Å². The first kappa shape index (κ1) is 15.5. The Balaban J connectivity index is 0.00000225. The molecule has 0 fully saturated rings. The van der Waals surface area contributed by atoms with E-state index >= 15 is 0 Å². The zero-order chi connectivity index (χ0) is 11.8. The molecule has 1 rings (SSSR count). The lowest BCUT2D eigenvalue weighted by Crippen LogP contribution is -2.27. The van der Waals surface area contributed by atoms with Gasteiger partial charge in [-0.2, -0.15) is 0 Å². The lowest BCUT2D eigenvalue weighted by Gasteiger charge is -2.30. The standard InChI is InChI=1S/C14H23N.ClH/c1-9-7-10(2)12(11(3)8-9)13(15)14(4,5)6;/h7-8,13H,15H2,1-6H3;1H/t13-;/m1./s1. The van der Waals surface area contributed by atoms with Crippen LogP contribution in [0.5, 0.6) is 0 Å². The number of aryl methyl sites for hydroxylation is 3. The lowest BCUT2D eigenvalue weighted by molar-refractivity contribution is 0.325. The third kappa shape index (κ3) is 3.23. The first-order chi connectivity index (χ1) is 6.73. The Morgan fingerprint density at radius 1 is 1.00 bits per heavy atom. The molecule has 1 aromatic rings. The monoisotopic (exact) mass is 241 g/mol. The summed E-state index contributed by atoms with van der Waals surface area (Å²) in [5.74, 6) is 0. The Labute approximate surface area is 106 Å². The molecule has 0 aliphatic rings. The van der Waals surface area contributed by atoms with E-state index in [0.717, 1.165) is 0 Å². The van der Waals surface area contributed by atoms with E-state index < -0.39 is 0 Å². The van der Waals surface area contributed by atoms with Gasteiger partial charge in [-0.3, -0.25) is 0 Å². The van der Waals surface area contributed by atoms with Crippen LogP contribution in [0.15, 0.2) is 12.1 Å². The summed E-state index contributed by atoms with van der Waals surface area (Å²) in [7, 11) is 0. The molecule has 0 spiro atoms. The van der Waals surface area contributed by atoms with E-state index in [4.69, 9.17) is 5.73 Å². The number of hydrogen-bond donors (Lipinski definition) is 1. The van der Waals surface area contributed by atoms with Crippen LogP contribution in [0.1, 0.15) is 49.1 Å². The molecule has 0 saturated heterocycles. The summed E-state index contributed by atoms with van der Waals surface area (Å²) in [4.78, 5) is 0. The molecule has 0 heterocycles. The van der Waals surface area contributed by atoms with Gasteiger partial charge >= 0.3 is 0 Å².